The molecule has 0 bridgehead atoms. The summed E-state index contributed by atoms with van der Waals surface area (Å²) in [6, 6.07) is -1.45. The third-order valence-corrected chi connectivity index (χ3v) is 3.19. The summed E-state index contributed by atoms with van der Waals surface area (Å²) < 4.78 is 0. The summed E-state index contributed by atoms with van der Waals surface area (Å²) in [5.41, 5.74) is 0. The molecule has 1 atom stereocenters. The molecule has 3 N–H and O–H groups in total. The van der Waals surface area contributed by atoms with Gasteiger partial charge >= 0.3 is 18.0 Å². The van der Waals surface area contributed by atoms with Crippen molar-refractivity contribution in [1.82, 2.24) is 10.2 Å². The van der Waals surface area contributed by atoms with Gasteiger partial charge in [0.2, 0.25) is 0 Å². The van der Waals surface area contributed by atoms with Crippen molar-refractivity contribution in [3.8, 4) is 0 Å². The molecule has 0 radical (unpaired) electrons. The molecule has 1 saturated carbocycles. The van der Waals surface area contributed by atoms with Crippen LogP contribution < -0.4 is 5.32 Å². The molecule has 0 spiro atoms. The minimum atomic E-state index is -1.22. The molecule has 7 heteroatoms. The highest BCUT2D eigenvalue weighted by molar-refractivity contribution is 5.83. The number of rotatable bonds is 6. The van der Waals surface area contributed by atoms with Crippen LogP contribution in [0.2, 0.25) is 0 Å². The van der Waals surface area contributed by atoms with E-state index in [1.54, 1.807) is 7.05 Å². The Bertz CT molecular complexity index is 340. The van der Waals surface area contributed by atoms with Crippen LogP contribution in [0, 0.1) is 0 Å². The molecule has 2 amide bonds. The Morgan fingerprint density at radius 2 is 1.94 bits per heavy atom. The lowest BCUT2D eigenvalue weighted by molar-refractivity contribution is -0.140. The second-order valence-electron chi connectivity index (χ2n) is 4.47. The summed E-state index contributed by atoms with van der Waals surface area (Å²) in [6.45, 7) is 0. The zero-order valence-corrected chi connectivity index (χ0v) is 10.3. The van der Waals surface area contributed by atoms with E-state index in [2.05, 4.69) is 5.32 Å². The molecule has 0 saturated heterocycles. The van der Waals surface area contributed by atoms with Gasteiger partial charge in [0.25, 0.3) is 0 Å². The van der Waals surface area contributed by atoms with Gasteiger partial charge in [0.1, 0.15) is 6.04 Å². The van der Waals surface area contributed by atoms with Gasteiger partial charge in [0, 0.05) is 19.5 Å². The number of nitrogens with one attached hydrogen (secondary N) is 1. The number of aliphatic carboxylic acids is 2. The van der Waals surface area contributed by atoms with Crippen LogP contribution >= 0.6 is 0 Å². The number of nitrogens with zero attached hydrogens (tertiary/aromatic N) is 1. The lowest BCUT2D eigenvalue weighted by Gasteiger charge is -2.35. The largest absolute Gasteiger partial charge is 0.481 e. The molecule has 102 valence electrons. The maximum atomic E-state index is 11.7. The van der Waals surface area contributed by atoms with Gasteiger partial charge in [0.15, 0.2) is 0 Å². The van der Waals surface area contributed by atoms with Crippen LogP contribution in [0.1, 0.15) is 32.1 Å². The molecule has 0 aromatic carbocycles. The molecular formula is C11H18N2O5. The minimum Gasteiger partial charge on any atom is -0.481 e. The van der Waals surface area contributed by atoms with Crippen molar-refractivity contribution < 1.29 is 24.6 Å². The Morgan fingerprint density at radius 1 is 1.33 bits per heavy atom. The maximum absolute atomic E-state index is 11.7. The highest BCUT2D eigenvalue weighted by Crippen LogP contribution is 2.23. The summed E-state index contributed by atoms with van der Waals surface area (Å²) >= 11 is 0. The minimum absolute atomic E-state index is 0.116. The van der Waals surface area contributed by atoms with Gasteiger partial charge < -0.3 is 20.4 Å². The van der Waals surface area contributed by atoms with Gasteiger partial charge in [-0.15, -0.1) is 0 Å². The quantitative estimate of drug-likeness (QED) is 0.643. The van der Waals surface area contributed by atoms with Gasteiger partial charge in [-0.3, -0.25) is 4.79 Å². The van der Waals surface area contributed by atoms with Gasteiger partial charge in [0.05, 0.1) is 0 Å². The molecule has 0 aliphatic heterocycles. The standard InChI is InChI=1S/C11H18N2O5/c1-13(7-3-2-4-7)11(18)12-8(10(16)17)5-6-9(14)15/h7-8H,2-6H2,1H3,(H,12,18)(H,14,15)(H,16,17). The zero-order chi connectivity index (χ0) is 13.7. The summed E-state index contributed by atoms with van der Waals surface area (Å²) in [7, 11) is 1.62. The first-order chi connectivity index (χ1) is 8.41. The van der Waals surface area contributed by atoms with Crippen LogP contribution in [-0.2, 0) is 9.59 Å². The van der Waals surface area contributed by atoms with E-state index in [1.165, 1.54) is 4.90 Å². The van der Waals surface area contributed by atoms with Crippen LogP contribution in [0.25, 0.3) is 0 Å². The number of hydrogen-bond donors (Lipinski definition) is 3. The highest BCUT2D eigenvalue weighted by Gasteiger charge is 2.28. The maximum Gasteiger partial charge on any atom is 0.326 e. The normalized spacial score (nSPS) is 16.5. The summed E-state index contributed by atoms with van der Waals surface area (Å²) in [5, 5.41) is 19.8. The van der Waals surface area contributed by atoms with E-state index in [9.17, 15) is 14.4 Å². The smallest absolute Gasteiger partial charge is 0.326 e. The Morgan fingerprint density at radius 3 is 2.33 bits per heavy atom. The van der Waals surface area contributed by atoms with Crippen LogP contribution in [0.3, 0.4) is 0 Å². The van der Waals surface area contributed by atoms with Gasteiger partial charge in [-0.1, -0.05) is 0 Å². The van der Waals surface area contributed by atoms with Crippen molar-refractivity contribution in [3.63, 3.8) is 0 Å². The molecule has 0 heterocycles. The van der Waals surface area contributed by atoms with E-state index < -0.39 is 24.0 Å². The molecule has 7 nitrogen and oxygen atoms in total. The van der Waals surface area contributed by atoms with E-state index in [0.717, 1.165) is 19.3 Å². The number of hydrogen-bond acceptors (Lipinski definition) is 3. The molecule has 1 unspecified atom stereocenters. The van der Waals surface area contributed by atoms with Crippen molar-refractivity contribution in [1.29, 1.82) is 0 Å². The topological polar surface area (TPSA) is 107 Å². The Balaban J connectivity index is 2.46. The molecule has 18 heavy (non-hydrogen) atoms. The fourth-order valence-corrected chi connectivity index (χ4v) is 1.72. The van der Waals surface area contributed by atoms with Gasteiger partial charge in [-0.05, 0) is 25.7 Å². The Labute approximate surface area is 105 Å². The van der Waals surface area contributed by atoms with E-state index in [1.807, 2.05) is 0 Å². The second kappa shape index (κ2) is 6.23. The Kier molecular flexibility index (Phi) is 4.94. The number of amides is 2. The van der Waals surface area contributed by atoms with E-state index in [4.69, 9.17) is 10.2 Å². The highest BCUT2D eigenvalue weighted by atomic mass is 16.4. The Hall–Kier alpha value is -1.79. The van der Waals surface area contributed by atoms with Gasteiger partial charge in [-0.25, -0.2) is 9.59 Å². The SMILES string of the molecule is CN(C(=O)NC(CCC(=O)O)C(=O)O)C1CCC1. The third kappa shape index (κ3) is 3.90. The number of carbonyl (C=O) groups excluding carboxylic acids is 1. The fraction of sp³-hybridized carbons (Fsp3) is 0.727. The zero-order valence-electron chi connectivity index (χ0n) is 10.3. The predicted molar refractivity (Wildman–Crippen MR) is 62.2 cm³/mol. The van der Waals surface area contributed by atoms with Crippen molar-refractivity contribution >= 4 is 18.0 Å². The second-order valence-corrected chi connectivity index (χ2v) is 4.47. The average Bonchev–Trinajstić information content (AvgIpc) is 2.20. The van der Waals surface area contributed by atoms with Crippen molar-refractivity contribution in [3.05, 3.63) is 0 Å². The first-order valence-electron chi connectivity index (χ1n) is 5.89. The monoisotopic (exact) mass is 258 g/mol. The molecule has 1 fully saturated rings. The first kappa shape index (κ1) is 14.3. The summed E-state index contributed by atoms with van der Waals surface area (Å²) in [6.07, 6.45) is 2.52. The van der Waals surface area contributed by atoms with Crippen LogP contribution in [0.5, 0.6) is 0 Å². The molecule has 1 aliphatic rings. The molecular weight excluding hydrogens is 240 g/mol. The number of carboxylic acids is 2. The van der Waals surface area contributed by atoms with Crippen molar-refractivity contribution in [2.24, 2.45) is 0 Å². The molecule has 0 aromatic heterocycles. The number of carboxylic acid groups (broad SMARTS) is 2. The number of urea groups is 1. The van der Waals surface area contributed by atoms with Crippen molar-refractivity contribution in [2.75, 3.05) is 7.05 Å². The number of carbonyl (C=O) groups is 3. The van der Waals surface area contributed by atoms with Crippen LogP contribution in [0.15, 0.2) is 0 Å². The van der Waals surface area contributed by atoms with E-state index >= 15 is 0 Å². The lowest BCUT2D eigenvalue weighted by Crippen LogP contribution is -2.51. The summed E-state index contributed by atoms with van der Waals surface area (Å²) in [5.74, 6) is -2.30. The molecule has 0 aromatic rings. The van der Waals surface area contributed by atoms with E-state index in [-0.39, 0.29) is 18.9 Å². The fourth-order valence-electron chi connectivity index (χ4n) is 1.72. The molecule has 1 rings (SSSR count). The predicted octanol–water partition coefficient (Wildman–Crippen LogP) is 0.498. The first-order valence-corrected chi connectivity index (χ1v) is 5.89. The van der Waals surface area contributed by atoms with Gasteiger partial charge in [-0.2, -0.15) is 0 Å². The van der Waals surface area contributed by atoms with Crippen LogP contribution in [0.4, 0.5) is 4.79 Å². The molecule has 1 aliphatic carbocycles. The van der Waals surface area contributed by atoms with Crippen molar-refractivity contribution in [2.45, 2.75) is 44.2 Å². The summed E-state index contributed by atoms with van der Waals surface area (Å²) in [4.78, 5) is 34.5. The van der Waals surface area contributed by atoms with Crippen LogP contribution in [-0.4, -0.2) is 52.2 Å². The third-order valence-electron chi connectivity index (χ3n) is 3.19. The van der Waals surface area contributed by atoms with E-state index in [0.29, 0.717) is 0 Å². The lowest BCUT2D eigenvalue weighted by atomic mass is 9.92. The average molecular weight is 258 g/mol.